The lowest BCUT2D eigenvalue weighted by Gasteiger charge is -2.20. The van der Waals surface area contributed by atoms with Crippen LogP contribution in [0.4, 0.5) is 0 Å². The molecule has 1 amide bonds. The van der Waals surface area contributed by atoms with Gasteiger partial charge in [-0.3, -0.25) is 14.5 Å². The molecule has 1 N–H and O–H groups in total. The molecule has 0 unspecified atom stereocenters. The van der Waals surface area contributed by atoms with Gasteiger partial charge in [0.25, 0.3) is 5.91 Å². The lowest BCUT2D eigenvalue weighted by Crippen LogP contribution is -2.33. The van der Waals surface area contributed by atoms with Crippen molar-refractivity contribution in [2.75, 3.05) is 13.2 Å². The van der Waals surface area contributed by atoms with Crippen molar-refractivity contribution in [1.82, 2.24) is 19.7 Å². The number of ether oxygens (including phenoxy) is 1. The van der Waals surface area contributed by atoms with E-state index in [4.69, 9.17) is 4.74 Å². The predicted molar refractivity (Wildman–Crippen MR) is 104 cm³/mol. The van der Waals surface area contributed by atoms with Crippen LogP contribution in [-0.2, 0) is 13.6 Å². The minimum absolute atomic E-state index is 0.0689. The largest absolute Gasteiger partial charge is 0.504 e. The van der Waals surface area contributed by atoms with Crippen LogP contribution in [0.2, 0.25) is 0 Å². The Kier molecular flexibility index (Phi) is 4.50. The van der Waals surface area contributed by atoms with Crippen molar-refractivity contribution in [3.63, 3.8) is 0 Å². The molecule has 144 valence electrons. The van der Waals surface area contributed by atoms with Gasteiger partial charge in [-0.2, -0.15) is 5.10 Å². The molecule has 7 heteroatoms. The lowest BCUT2D eigenvalue weighted by molar-refractivity contribution is 0.0731. The molecule has 0 atom stereocenters. The summed E-state index contributed by atoms with van der Waals surface area (Å²) in [5, 5.41) is 14.8. The Labute approximate surface area is 163 Å². The molecular formula is C21H22N4O3. The van der Waals surface area contributed by atoms with E-state index in [1.807, 2.05) is 39.1 Å². The summed E-state index contributed by atoms with van der Waals surface area (Å²) >= 11 is 0. The summed E-state index contributed by atoms with van der Waals surface area (Å²) in [5.74, 6) is 0.424. The molecule has 2 aromatic heterocycles. The molecule has 3 heterocycles. The molecule has 0 spiro atoms. The van der Waals surface area contributed by atoms with Crippen molar-refractivity contribution in [1.29, 1.82) is 0 Å². The first-order valence-corrected chi connectivity index (χ1v) is 9.14. The number of phenols is 1. The second-order valence-electron chi connectivity index (χ2n) is 6.97. The summed E-state index contributed by atoms with van der Waals surface area (Å²) in [4.78, 5) is 19.1. The van der Waals surface area contributed by atoms with E-state index in [1.54, 1.807) is 28.0 Å². The van der Waals surface area contributed by atoms with Gasteiger partial charge in [0.05, 0.1) is 17.8 Å². The molecule has 3 aromatic rings. The number of pyridine rings is 1. The summed E-state index contributed by atoms with van der Waals surface area (Å²) in [7, 11) is 1.83. The van der Waals surface area contributed by atoms with E-state index in [0.717, 1.165) is 22.4 Å². The molecule has 0 aliphatic carbocycles. The Morgan fingerprint density at radius 1 is 1.25 bits per heavy atom. The first-order valence-electron chi connectivity index (χ1n) is 9.14. The number of aromatic nitrogens is 3. The standard InChI is InChI=1S/C21H22N4O3/c1-13-19(14(2)24(3)23-13)21(27)25-7-8-28-20-17(12-25)9-16(10-18(20)26)15-5-4-6-22-11-15/h4-6,9-11,26H,7-8,12H2,1-3H3. The van der Waals surface area contributed by atoms with E-state index in [9.17, 15) is 9.90 Å². The van der Waals surface area contributed by atoms with Gasteiger partial charge in [-0.1, -0.05) is 6.07 Å². The highest BCUT2D eigenvalue weighted by atomic mass is 16.5. The van der Waals surface area contributed by atoms with Crippen LogP contribution in [0.15, 0.2) is 36.7 Å². The van der Waals surface area contributed by atoms with E-state index in [1.165, 1.54) is 0 Å². The van der Waals surface area contributed by atoms with Gasteiger partial charge in [-0.25, -0.2) is 0 Å². The van der Waals surface area contributed by atoms with E-state index < -0.39 is 0 Å². The van der Waals surface area contributed by atoms with Gasteiger partial charge in [0.2, 0.25) is 0 Å². The molecular weight excluding hydrogens is 356 g/mol. The number of nitrogens with zero attached hydrogens (tertiary/aromatic N) is 4. The topological polar surface area (TPSA) is 80.5 Å². The van der Waals surface area contributed by atoms with E-state index >= 15 is 0 Å². The molecule has 1 aromatic carbocycles. The SMILES string of the molecule is Cc1nn(C)c(C)c1C(=O)N1CCOc2c(O)cc(-c3cccnc3)cc2C1. The highest BCUT2D eigenvalue weighted by Crippen LogP contribution is 2.37. The second kappa shape index (κ2) is 6.99. The van der Waals surface area contributed by atoms with Gasteiger partial charge in [-0.05, 0) is 37.6 Å². The first kappa shape index (κ1) is 18.0. The van der Waals surface area contributed by atoms with Crippen LogP contribution < -0.4 is 4.74 Å². The molecule has 1 aliphatic heterocycles. The van der Waals surface area contributed by atoms with Crippen molar-refractivity contribution in [3.8, 4) is 22.6 Å². The number of carbonyl (C=O) groups is 1. The molecule has 0 saturated carbocycles. The maximum absolute atomic E-state index is 13.2. The van der Waals surface area contributed by atoms with Crippen LogP contribution >= 0.6 is 0 Å². The van der Waals surface area contributed by atoms with Crippen molar-refractivity contribution in [2.45, 2.75) is 20.4 Å². The van der Waals surface area contributed by atoms with Crippen molar-refractivity contribution in [2.24, 2.45) is 7.05 Å². The normalized spacial score (nSPS) is 13.6. The van der Waals surface area contributed by atoms with Crippen LogP contribution in [-0.4, -0.2) is 43.8 Å². The maximum Gasteiger partial charge on any atom is 0.258 e. The predicted octanol–water partition coefficient (Wildman–Crippen LogP) is 2.84. The third kappa shape index (κ3) is 3.09. The fourth-order valence-electron chi connectivity index (χ4n) is 3.61. The highest BCUT2D eigenvalue weighted by Gasteiger charge is 2.27. The molecule has 4 rings (SSSR count). The number of rotatable bonds is 2. The number of hydrogen-bond acceptors (Lipinski definition) is 5. The van der Waals surface area contributed by atoms with Gasteiger partial charge in [0, 0.05) is 42.8 Å². The quantitative estimate of drug-likeness (QED) is 0.742. The number of aromatic hydroxyl groups is 1. The number of hydrogen-bond donors (Lipinski definition) is 1. The Morgan fingerprint density at radius 2 is 2.07 bits per heavy atom. The minimum atomic E-state index is -0.0779. The molecule has 0 radical (unpaired) electrons. The maximum atomic E-state index is 13.2. The smallest absolute Gasteiger partial charge is 0.258 e. The van der Waals surface area contributed by atoms with Crippen LogP contribution in [0.25, 0.3) is 11.1 Å². The number of amides is 1. The van der Waals surface area contributed by atoms with Crippen molar-refractivity contribution in [3.05, 3.63) is 59.2 Å². The highest BCUT2D eigenvalue weighted by molar-refractivity contribution is 5.96. The first-order chi connectivity index (χ1) is 13.5. The zero-order valence-electron chi connectivity index (χ0n) is 16.1. The van der Waals surface area contributed by atoms with Gasteiger partial charge in [0.15, 0.2) is 11.5 Å². The van der Waals surface area contributed by atoms with Crippen LogP contribution in [0.3, 0.4) is 0 Å². The Morgan fingerprint density at radius 3 is 2.75 bits per heavy atom. The number of phenolic OH excluding ortho intramolecular Hbond substituents is 1. The fourth-order valence-corrected chi connectivity index (χ4v) is 3.61. The molecule has 28 heavy (non-hydrogen) atoms. The summed E-state index contributed by atoms with van der Waals surface area (Å²) < 4.78 is 7.49. The number of aryl methyl sites for hydroxylation is 2. The summed E-state index contributed by atoms with van der Waals surface area (Å²) in [6, 6.07) is 7.39. The van der Waals surface area contributed by atoms with Crippen LogP contribution in [0, 0.1) is 13.8 Å². The summed E-state index contributed by atoms with van der Waals surface area (Å²) in [6.45, 7) is 4.83. The monoisotopic (exact) mass is 378 g/mol. The Hall–Kier alpha value is -3.35. The molecule has 1 aliphatic rings. The molecule has 0 fully saturated rings. The van der Waals surface area contributed by atoms with E-state index in [0.29, 0.717) is 36.7 Å². The zero-order chi connectivity index (χ0) is 19.8. The van der Waals surface area contributed by atoms with Gasteiger partial charge >= 0.3 is 0 Å². The molecule has 7 nitrogen and oxygen atoms in total. The molecule has 0 saturated heterocycles. The number of fused-ring (bicyclic) bond motifs is 1. The number of carbonyl (C=O) groups excluding carboxylic acids is 1. The summed E-state index contributed by atoms with van der Waals surface area (Å²) in [6.07, 6.45) is 3.44. The minimum Gasteiger partial charge on any atom is -0.504 e. The van der Waals surface area contributed by atoms with Crippen LogP contribution in [0.1, 0.15) is 27.3 Å². The lowest BCUT2D eigenvalue weighted by atomic mass is 10.0. The van der Waals surface area contributed by atoms with Crippen molar-refractivity contribution >= 4 is 5.91 Å². The van der Waals surface area contributed by atoms with Gasteiger partial charge in [0.1, 0.15) is 6.61 Å². The van der Waals surface area contributed by atoms with Gasteiger partial charge < -0.3 is 14.7 Å². The van der Waals surface area contributed by atoms with E-state index in [2.05, 4.69) is 10.1 Å². The third-order valence-corrected chi connectivity index (χ3v) is 5.12. The Balaban J connectivity index is 1.71. The third-order valence-electron chi connectivity index (χ3n) is 5.12. The fraction of sp³-hybridized carbons (Fsp3) is 0.286. The van der Waals surface area contributed by atoms with Crippen molar-refractivity contribution < 1.29 is 14.6 Å². The average molecular weight is 378 g/mol. The van der Waals surface area contributed by atoms with E-state index in [-0.39, 0.29) is 11.7 Å². The number of benzene rings is 1. The summed E-state index contributed by atoms with van der Waals surface area (Å²) in [5.41, 5.74) is 4.65. The zero-order valence-corrected chi connectivity index (χ0v) is 16.1. The molecule has 0 bridgehead atoms. The second-order valence-corrected chi connectivity index (χ2v) is 6.97. The van der Waals surface area contributed by atoms with Crippen LogP contribution in [0.5, 0.6) is 11.5 Å². The average Bonchev–Trinajstić information content (AvgIpc) is 2.85. The van der Waals surface area contributed by atoms with Gasteiger partial charge in [-0.15, -0.1) is 0 Å². The Bertz CT molecular complexity index is 1040.